The minimum Gasteiger partial charge on any atom is -0.465 e. The van der Waals surface area contributed by atoms with E-state index in [9.17, 15) is 4.79 Å². The molecule has 0 aliphatic rings. The molecule has 0 radical (unpaired) electrons. The van der Waals surface area contributed by atoms with Crippen molar-refractivity contribution in [1.82, 2.24) is 4.98 Å². The molecule has 0 saturated carbocycles. The summed E-state index contributed by atoms with van der Waals surface area (Å²) in [6, 6.07) is 15.8. The molecule has 2 aromatic carbocycles. The molecule has 24 heavy (non-hydrogen) atoms. The third-order valence-electron chi connectivity index (χ3n) is 3.91. The van der Waals surface area contributed by atoms with E-state index in [1.165, 1.54) is 12.7 Å². The summed E-state index contributed by atoms with van der Waals surface area (Å²) in [4.78, 5) is 16.2. The number of benzene rings is 2. The van der Waals surface area contributed by atoms with E-state index in [0.717, 1.165) is 21.1 Å². The number of halogens is 1. The number of pyridine rings is 1. The summed E-state index contributed by atoms with van der Waals surface area (Å²) in [6.45, 7) is 2.09. The average Bonchev–Trinajstić information content (AvgIpc) is 2.63. The van der Waals surface area contributed by atoms with Crippen LogP contribution in [-0.4, -0.2) is 18.1 Å². The summed E-state index contributed by atoms with van der Waals surface area (Å²) in [5, 5.41) is 5.30. The third kappa shape index (κ3) is 3.26. The van der Waals surface area contributed by atoms with Gasteiger partial charge in [0.2, 0.25) is 0 Å². The Morgan fingerprint density at radius 3 is 2.62 bits per heavy atom. The van der Waals surface area contributed by atoms with Crippen LogP contribution in [0.3, 0.4) is 0 Å². The van der Waals surface area contributed by atoms with Gasteiger partial charge in [0.05, 0.1) is 12.7 Å². The first kappa shape index (κ1) is 16.5. The van der Waals surface area contributed by atoms with Crippen LogP contribution in [0.25, 0.3) is 10.8 Å². The van der Waals surface area contributed by atoms with Crippen molar-refractivity contribution >= 4 is 38.5 Å². The minimum absolute atomic E-state index is 0.114. The number of carbonyl (C=O) groups excluding carboxylic acids is 1. The molecule has 1 heterocycles. The van der Waals surface area contributed by atoms with E-state index in [0.29, 0.717) is 5.56 Å². The first-order valence-corrected chi connectivity index (χ1v) is 8.37. The summed E-state index contributed by atoms with van der Waals surface area (Å²) in [5.74, 6) is 0.425. The van der Waals surface area contributed by atoms with Gasteiger partial charge in [-0.1, -0.05) is 30.3 Å². The highest BCUT2D eigenvalue weighted by Crippen LogP contribution is 2.31. The molecule has 1 atom stereocenters. The van der Waals surface area contributed by atoms with E-state index in [4.69, 9.17) is 4.74 Å². The number of anilines is 1. The number of aromatic nitrogens is 1. The number of fused-ring (bicyclic) bond motifs is 1. The van der Waals surface area contributed by atoms with Gasteiger partial charge in [0.25, 0.3) is 0 Å². The maximum Gasteiger partial charge on any atom is 0.337 e. The molecule has 4 nitrogen and oxygen atoms in total. The maximum atomic E-state index is 11.7. The van der Waals surface area contributed by atoms with E-state index >= 15 is 0 Å². The molecule has 0 aliphatic carbocycles. The van der Waals surface area contributed by atoms with Crippen LogP contribution in [0, 0.1) is 0 Å². The number of carbonyl (C=O) groups is 1. The van der Waals surface area contributed by atoms with Crippen LogP contribution in [0.5, 0.6) is 0 Å². The zero-order valence-corrected chi connectivity index (χ0v) is 15.0. The van der Waals surface area contributed by atoms with Gasteiger partial charge in [-0.05, 0) is 46.6 Å². The van der Waals surface area contributed by atoms with Crippen molar-refractivity contribution in [3.8, 4) is 0 Å². The van der Waals surface area contributed by atoms with Gasteiger partial charge in [-0.2, -0.15) is 0 Å². The highest BCUT2D eigenvalue weighted by Gasteiger charge is 2.13. The molecule has 1 unspecified atom stereocenters. The van der Waals surface area contributed by atoms with Crippen LogP contribution < -0.4 is 5.32 Å². The van der Waals surface area contributed by atoms with Crippen molar-refractivity contribution in [2.45, 2.75) is 13.0 Å². The fraction of sp³-hybridized carbons (Fsp3) is 0.158. The number of methoxy groups -OCH3 is 1. The van der Waals surface area contributed by atoms with Crippen molar-refractivity contribution in [3.63, 3.8) is 0 Å². The molecule has 3 aromatic rings. The van der Waals surface area contributed by atoms with E-state index in [2.05, 4.69) is 45.3 Å². The standard InChI is InChI=1S/C19H17BrN2O2/c1-12(13-6-4-3-5-7-13)22-18-15-9-8-14(19(23)24-2)10-16(15)17(20)11-21-18/h3-12H,1-2H3,(H,21,22). The first-order valence-electron chi connectivity index (χ1n) is 7.58. The molecule has 122 valence electrons. The Hall–Kier alpha value is -2.40. The maximum absolute atomic E-state index is 11.7. The number of rotatable bonds is 4. The third-order valence-corrected chi connectivity index (χ3v) is 4.54. The second kappa shape index (κ2) is 7.01. The molecule has 1 aromatic heterocycles. The molecule has 0 amide bonds. The first-order chi connectivity index (χ1) is 11.6. The lowest BCUT2D eigenvalue weighted by atomic mass is 10.1. The van der Waals surface area contributed by atoms with Gasteiger partial charge >= 0.3 is 5.97 Å². The summed E-state index contributed by atoms with van der Waals surface area (Å²) < 4.78 is 5.63. The van der Waals surface area contributed by atoms with E-state index < -0.39 is 0 Å². The summed E-state index contributed by atoms with van der Waals surface area (Å²) in [5.41, 5.74) is 1.69. The zero-order valence-electron chi connectivity index (χ0n) is 13.4. The van der Waals surface area contributed by atoms with Gasteiger partial charge in [0.15, 0.2) is 0 Å². The molecule has 1 N–H and O–H groups in total. The van der Waals surface area contributed by atoms with Crippen LogP contribution in [0.2, 0.25) is 0 Å². The van der Waals surface area contributed by atoms with Gasteiger partial charge < -0.3 is 10.1 Å². The number of ether oxygens (including phenoxy) is 1. The SMILES string of the molecule is COC(=O)c1ccc2c(NC(C)c3ccccc3)ncc(Br)c2c1. The molecule has 5 heteroatoms. The predicted octanol–water partition coefficient (Wildman–Crippen LogP) is 4.96. The number of nitrogens with one attached hydrogen (secondary N) is 1. The number of hydrogen-bond donors (Lipinski definition) is 1. The second-order valence-electron chi connectivity index (χ2n) is 5.48. The monoisotopic (exact) mass is 384 g/mol. The quantitative estimate of drug-likeness (QED) is 0.646. The Bertz CT molecular complexity index is 881. The molecule has 3 rings (SSSR count). The van der Waals surface area contributed by atoms with Gasteiger partial charge in [0.1, 0.15) is 5.82 Å². The normalized spacial score (nSPS) is 12.0. The van der Waals surface area contributed by atoms with E-state index in [-0.39, 0.29) is 12.0 Å². The molecule has 0 aliphatic heterocycles. The molecule has 0 bridgehead atoms. The second-order valence-corrected chi connectivity index (χ2v) is 6.34. The summed E-state index contributed by atoms with van der Waals surface area (Å²) >= 11 is 3.50. The van der Waals surface area contributed by atoms with Crippen LogP contribution in [0.15, 0.2) is 59.2 Å². The van der Waals surface area contributed by atoms with Gasteiger partial charge in [-0.3, -0.25) is 0 Å². The summed E-state index contributed by atoms with van der Waals surface area (Å²) in [7, 11) is 1.38. The molecular weight excluding hydrogens is 368 g/mol. The lowest BCUT2D eigenvalue weighted by molar-refractivity contribution is 0.0601. The largest absolute Gasteiger partial charge is 0.465 e. The van der Waals surface area contributed by atoms with E-state index in [1.807, 2.05) is 30.3 Å². The molecule has 0 saturated heterocycles. The Morgan fingerprint density at radius 2 is 1.92 bits per heavy atom. The Labute approximate surface area is 149 Å². The fourth-order valence-corrected chi connectivity index (χ4v) is 3.03. The number of nitrogens with zero attached hydrogens (tertiary/aromatic N) is 1. The minimum atomic E-state index is -0.354. The fourth-order valence-electron chi connectivity index (χ4n) is 2.60. The Morgan fingerprint density at radius 1 is 1.17 bits per heavy atom. The predicted molar refractivity (Wildman–Crippen MR) is 99.3 cm³/mol. The topological polar surface area (TPSA) is 51.2 Å². The molecule has 0 fully saturated rings. The number of esters is 1. The van der Waals surface area contributed by atoms with Crippen molar-refractivity contribution in [1.29, 1.82) is 0 Å². The van der Waals surface area contributed by atoms with Gasteiger partial charge in [0, 0.05) is 27.5 Å². The molecular formula is C19H17BrN2O2. The number of hydrogen-bond acceptors (Lipinski definition) is 4. The van der Waals surface area contributed by atoms with Gasteiger partial charge in [-0.25, -0.2) is 9.78 Å². The van der Waals surface area contributed by atoms with Crippen LogP contribution >= 0.6 is 15.9 Å². The highest BCUT2D eigenvalue weighted by molar-refractivity contribution is 9.10. The highest BCUT2D eigenvalue weighted by atomic mass is 79.9. The van der Waals surface area contributed by atoms with Crippen LogP contribution in [0.1, 0.15) is 28.9 Å². The Balaban J connectivity index is 2.00. The smallest absolute Gasteiger partial charge is 0.337 e. The van der Waals surface area contributed by atoms with E-state index in [1.54, 1.807) is 12.3 Å². The van der Waals surface area contributed by atoms with Crippen molar-refractivity contribution in [2.24, 2.45) is 0 Å². The summed E-state index contributed by atoms with van der Waals surface area (Å²) in [6.07, 6.45) is 1.74. The van der Waals surface area contributed by atoms with Gasteiger partial charge in [-0.15, -0.1) is 0 Å². The van der Waals surface area contributed by atoms with Crippen molar-refractivity contribution < 1.29 is 9.53 Å². The zero-order chi connectivity index (χ0) is 17.1. The molecule has 0 spiro atoms. The van der Waals surface area contributed by atoms with Crippen LogP contribution in [0.4, 0.5) is 5.82 Å². The Kier molecular flexibility index (Phi) is 4.81. The van der Waals surface area contributed by atoms with Crippen LogP contribution in [-0.2, 0) is 4.74 Å². The van der Waals surface area contributed by atoms with Crippen molar-refractivity contribution in [2.75, 3.05) is 12.4 Å². The lowest BCUT2D eigenvalue weighted by Crippen LogP contribution is -2.08. The average molecular weight is 385 g/mol. The lowest BCUT2D eigenvalue weighted by Gasteiger charge is -2.17. The van der Waals surface area contributed by atoms with Crippen molar-refractivity contribution in [3.05, 3.63) is 70.3 Å².